The Hall–Kier alpha value is -1.80. The Bertz CT molecular complexity index is 879. The third kappa shape index (κ3) is 7.38. The Morgan fingerprint density at radius 2 is 1.81 bits per heavy atom. The van der Waals surface area contributed by atoms with Crippen LogP contribution in [0.1, 0.15) is 11.1 Å². The van der Waals surface area contributed by atoms with Crippen LogP contribution in [0.5, 0.6) is 0 Å². The highest BCUT2D eigenvalue weighted by Crippen LogP contribution is 2.15. The van der Waals surface area contributed by atoms with Gasteiger partial charge in [0.1, 0.15) is 0 Å². The number of hydrogen-bond donors (Lipinski definition) is 1. The third-order valence-corrected chi connectivity index (χ3v) is 6.28. The Morgan fingerprint density at radius 1 is 1.15 bits per heavy atom. The minimum Gasteiger partial charge on any atom is -0.466 e. The van der Waals surface area contributed by atoms with Gasteiger partial charge in [0.2, 0.25) is 10.0 Å². The molecule has 0 fully saturated rings. The van der Waals surface area contributed by atoms with Crippen LogP contribution in [0.3, 0.4) is 0 Å². The molecule has 0 spiro atoms. The van der Waals surface area contributed by atoms with Gasteiger partial charge in [0.15, 0.2) is 0 Å². The van der Waals surface area contributed by atoms with E-state index in [4.69, 9.17) is 11.6 Å². The Balaban J connectivity index is 1.74. The van der Waals surface area contributed by atoms with Crippen LogP contribution in [-0.4, -0.2) is 33.8 Å². The van der Waals surface area contributed by atoms with Crippen LogP contribution in [0.25, 0.3) is 6.08 Å². The number of hydrogen-bond acceptors (Lipinski definition) is 5. The summed E-state index contributed by atoms with van der Waals surface area (Å²) in [5.41, 5.74) is 2.03. The highest BCUT2D eigenvalue weighted by atomic mass is 35.5. The summed E-state index contributed by atoms with van der Waals surface area (Å²) in [6, 6.07) is 13.8. The van der Waals surface area contributed by atoms with E-state index in [-0.39, 0.29) is 4.90 Å². The summed E-state index contributed by atoms with van der Waals surface area (Å²) in [6.45, 7) is 0.343. The number of halogens is 1. The van der Waals surface area contributed by atoms with Gasteiger partial charge >= 0.3 is 5.97 Å². The topological polar surface area (TPSA) is 72.5 Å². The molecule has 0 saturated carbocycles. The Kier molecular flexibility index (Phi) is 8.37. The van der Waals surface area contributed by atoms with E-state index < -0.39 is 16.0 Å². The SMILES string of the molecule is COC(=O)/C=C/c1ccc(CSCCNS(=O)(=O)c2ccc(Cl)cc2)cc1. The number of carbonyl (C=O) groups is 1. The Labute approximate surface area is 168 Å². The van der Waals surface area contributed by atoms with E-state index in [0.717, 1.165) is 16.9 Å². The zero-order valence-electron chi connectivity index (χ0n) is 14.7. The summed E-state index contributed by atoms with van der Waals surface area (Å²) < 4.78 is 31.4. The van der Waals surface area contributed by atoms with E-state index in [2.05, 4.69) is 9.46 Å². The molecule has 0 aliphatic heterocycles. The molecular formula is C19H20ClNO4S2. The molecule has 0 saturated heterocycles. The molecule has 2 rings (SSSR count). The van der Waals surface area contributed by atoms with Crippen LogP contribution in [-0.2, 0) is 25.3 Å². The zero-order valence-corrected chi connectivity index (χ0v) is 17.1. The van der Waals surface area contributed by atoms with E-state index >= 15 is 0 Å². The maximum Gasteiger partial charge on any atom is 0.330 e. The maximum absolute atomic E-state index is 12.1. The lowest BCUT2D eigenvalue weighted by atomic mass is 10.1. The molecule has 0 unspecified atom stereocenters. The minimum absolute atomic E-state index is 0.201. The van der Waals surface area contributed by atoms with Crippen molar-refractivity contribution in [1.82, 2.24) is 4.72 Å². The van der Waals surface area contributed by atoms with E-state index in [1.165, 1.54) is 25.3 Å². The lowest BCUT2D eigenvalue weighted by Gasteiger charge is -2.07. The predicted octanol–water partition coefficient (Wildman–Crippen LogP) is 3.74. The lowest BCUT2D eigenvalue weighted by Crippen LogP contribution is -2.26. The molecule has 1 N–H and O–H groups in total. The highest BCUT2D eigenvalue weighted by Gasteiger charge is 2.12. The van der Waals surface area contributed by atoms with Crippen molar-refractivity contribution in [2.45, 2.75) is 10.6 Å². The summed E-state index contributed by atoms with van der Waals surface area (Å²) in [7, 11) is -2.17. The first-order valence-corrected chi connectivity index (χ1v) is 11.1. The van der Waals surface area contributed by atoms with Gasteiger partial charge in [0, 0.05) is 29.1 Å². The van der Waals surface area contributed by atoms with Gasteiger partial charge in [0.25, 0.3) is 0 Å². The summed E-state index contributed by atoms with van der Waals surface area (Å²) in [5, 5.41) is 0.497. The molecule has 27 heavy (non-hydrogen) atoms. The lowest BCUT2D eigenvalue weighted by molar-refractivity contribution is -0.134. The number of carbonyl (C=O) groups excluding carboxylic acids is 1. The molecule has 0 aliphatic rings. The van der Waals surface area contributed by atoms with Crippen LogP contribution in [0.15, 0.2) is 59.5 Å². The van der Waals surface area contributed by atoms with Crippen molar-refractivity contribution >= 4 is 45.4 Å². The first kappa shape index (κ1) is 21.5. The van der Waals surface area contributed by atoms with Crippen molar-refractivity contribution in [1.29, 1.82) is 0 Å². The number of methoxy groups -OCH3 is 1. The molecule has 0 aliphatic carbocycles. The minimum atomic E-state index is -3.51. The second-order valence-electron chi connectivity index (χ2n) is 5.50. The quantitative estimate of drug-likeness (QED) is 0.376. The van der Waals surface area contributed by atoms with E-state index in [0.29, 0.717) is 17.3 Å². The van der Waals surface area contributed by atoms with Crippen LogP contribution in [0.4, 0.5) is 0 Å². The summed E-state index contributed by atoms with van der Waals surface area (Å²) in [5.74, 6) is 1.02. The number of rotatable bonds is 9. The van der Waals surface area contributed by atoms with Crippen molar-refractivity contribution in [3.05, 3.63) is 70.8 Å². The standard InChI is InChI=1S/C19H20ClNO4S2/c1-25-19(22)11-6-15-2-4-16(5-3-15)14-26-13-12-21-27(23,24)18-9-7-17(20)8-10-18/h2-11,21H,12-14H2,1H3/b11-6+. The van der Waals surface area contributed by atoms with Crippen LogP contribution >= 0.6 is 23.4 Å². The molecule has 0 amide bonds. The number of esters is 1. The van der Waals surface area contributed by atoms with E-state index in [9.17, 15) is 13.2 Å². The number of thioether (sulfide) groups is 1. The maximum atomic E-state index is 12.1. The fraction of sp³-hybridized carbons (Fsp3) is 0.211. The first-order valence-electron chi connectivity index (χ1n) is 8.08. The zero-order chi connectivity index (χ0) is 19.7. The van der Waals surface area contributed by atoms with Gasteiger partial charge < -0.3 is 4.74 Å². The summed E-state index contributed by atoms with van der Waals surface area (Å²) in [4.78, 5) is 11.3. The van der Waals surface area contributed by atoms with Crippen molar-refractivity contribution < 1.29 is 17.9 Å². The van der Waals surface area contributed by atoms with E-state index in [1.807, 2.05) is 24.3 Å². The van der Waals surface area contributed by atoms with Crippen molar-refractivity contribution in [3.8, 4) is 0 Å². The van der Waals surface area contributed by atoms with Gasteiger partial charge in [-0.05, 0) is 41.5 Å². The van der Waals surface area contributed by atoms with Gasteiger partial charge in [0.05, 0.1) is 12.0 Å². The van der Waals surface area contributed by atoms with Crippen LogP contribution in [0.2, 0.25) is 5.02 Å². The fourth-order valence-electron chi connectivity index (χ4n) is 2.09. The molecule has 0 atom stereocenters. The number of nitrogens with one attached hydrogen (secondary N) is 1. The van der Waals surface area contributed by atoms with Gasteiger partial charge in [-0.15, -0.1) is 0 Å². The number of sulfonamides is 1. The molecule has 5 nitrogen and oxygen atoms in total. The van der Waals surface area contributed by atoms with Gasteiger partial charge in [-0.3, -0.25) is 0 Å². The second-order valence-corrected chi connectivity index (χ2v) is 8.81. The second kappa shape index (κ2) is 10.5. The molecule has 0 heterocycles. The van der Waals surface area contributed by atoms with Crippen LogP contribution < -0.4 is 4.72 Å². The molecule has 2 aromatic carbocycles. The molecule has 2 aromatic rings. The molecule has 8 heteroatoms. The first-order chi connectivity index (χ1) is 12.9. The van der Waals surface area contributed by atoms with Gasteiger partial charge in [-0.25, -0.2) is 17.9 Å². The van der Waals surface area contributed by atoms with Crippen molar-refractivity contribution in [3.63, 3.8) is 0 Å². The van der Waals surface area contributed by atoms with Gasteiger partial charge in [-0.2, -0.15) is 11.8 Å². The Morgan fingerprint density at radius 3 is 2.44 bits per heavy atom. The van der Waals surface area contributed by atoms with Crippen molar-refractivity contribution in [2.24, 2.45) is 0 Å². The van der Waals surface area contributed by atoms with Crippen LogP contribution in [0, 0.1) is 0 Å². The summed E-state index contributed by atoms with van der Waals surface area (Å²) in [6.07, 6.45) is 3.06. The summed E-state index contributed by atoms with van der Waals surface area (Å²) >= 11 is 7.40. The average Bonchev–Trinajstić information content (AvgIpc) is 2.67. The largest absolute Gasteiger partial charge is 0.466 e. The molecule has 0 bridgehead atoms. The van der Waals surface area contributed by atoms with Gasteiger partial charge in [-0.1, -0.05) is 35.9 Å². The fourth-order valence-corrected chi connectivity index (χ4v) is 4.20. The van der Waals surface area contributed by atoms with Crippen molar-refractivity contribution in [2.75, 3.05) is 19.4 Å². The number of benzene rings is 2. The molecule has 0 radical (unpaired) electrons. The molecule has 144 valence electrons. The monoisotopic (exact) mass is 425 g/mol. The predicted molar refractivity (Wildman–Crippen MR) is 110 cm³/mol. The molecular weight excluding hydrogens is 406 g/mol. The molecule has 0 aromatic heterocycles. The normalized spacial score (nSPS) is 11.6. The average molecular weight is 426 g/mol. The smallest absolute Gasteiger partial charge is 0.330 e. The van der Waals surface area contributed by atoms with E-state index in [1.54, 1.807) is 30.0 Å². The third-order valence-electron chi connectivity index (χ3n) is 3.52. The highest BCUT2D eigenvalue weighted by molar-refractivity contribution is 7.98. The number of ether oxygens (including phenoxy) is 1.